The van der Waals surface area contributed by atoms with E-state index in [9.17, 15) is 4.79 Å². The normalized spacial score (nSPS) is 11.3. The molecule has 0 aliphatic rings. The van der Waals surface area contributed by atoms with Crippen LogP contribution in [0.15, 0.2) is 47.2 Å². The second kappa shape index (κ2) is 6.80. The summed E-state index contributed by atoms with van der Waals surface area (Å²) in [6.07, 6.45) is 3.04. The predicted octanol–water partition coefficient (Wildman–Crippen LogP) is 2.75. The third-order valence-electron chi connectivity index (χ3n) is 3.49. The molecule has 0 bridgehead atoms. The molecule has 0 aliphatic carbocycles. The monoisotopic (exact) mass is 337 g/mol. The van der Waals surface area contributed by atoms with Crippen molar-refractivity contribution in [3.05, 3.63) is 60.0 Å². The lowest BCUT2D eigenvalue weighted by Crippen LogP contribution is -2.24. The van der Waals surface area contributed by atoms with Gasteiger partial charge in [0.2, 0.25) is 11.7 Å². The van der Waals surface area contributed by atoms with Crippen LogP contribution in [0.1, 0.15) is 42.8 Å². The maximum absolute atomic E-state index is 12.2. The summed E-state index contributed by atoms with van der Waals surface area (Å²) in [5, 5.41) is 6.64. The molecule has 0 radical (unpaired) electrons. The zero-order valence-corrected chi connectivity index (χ0v) is 14.4. The van der Waals surface area contributed by atoms with Gasteiger partial charge in [0.25, 0.3) is 5.91 Å². The topological polar surface area (TPSA) is 93.8 Å². The van der Waals surface area contributed by atoms with Gasteiger partial charge in [-0.2, -0.15) is 4.98 Å². The van der Waals surface area contributed by atoms with Crippen molar-refractivity contribution >= 4 is 5.91 Å². The molecule has 3 aromatic rings. The number of carbonyl (C=O) groups excluding carboxylic acids is 1. The van der Waals surface area contributed by atoms with Crippen molar-refractivity contribution in [2.45, 2.75) is 32.7 Å². The molecule has 0 saturated heterocycles. The fourth-order valence-corrected chi connectivity index (χ4v) is 2.12. The average Bonchev–Trinajstić information content (AvgIpc) is 3.09. The Balaban J connectivity index is 1.62. The van der Waals surface area contributed by atoms with Crippen LogP contribution in [-0.4, -0.2) is 26.0 Å². The number of carbonyl (C=O) groups is 1. The molecule has 2 aromatic heterocycles. The Morgan fingerprint density at radius 2 is 1.80 bits per heavy atom. The largest absolute Gasteiger partial charge is 0.343 e. The molecule has 1 amide bonds. The van der Waals surface area contributed by atoms with Gasteiger partial charge in [-0.3, -0.25) is 4.79 Å². The molecule has 7 heteroatoms. The van der Waals surface area contributed by atoms with Gasteiger partial charge in [-0.05, 0) is 0 Å². The van der Waals surface area contributed by atoms with Crippen LogP contribution in [0, 0.1) is 0 Å². The van der Waals surface area contributed by atoms with E-state index in [0.29, 0.717) is 23.1 Å². The molecule has 128 valence electrons. The summed E-state index contributed by atoms with van der Waals surface area (Å²) in [6, 6.07) is 9.49. The fraction of sp³-hybridized carbons (Fsp3) is 0.278. The minimum Gasteiger partial charge on any atom is -0.343 e. The molecule has 0 atom stereocenters. The van der Waals surface area contributed by atoms with Gasteiger partial charge in [-0.25, -0.2) is 9.97 Å². The first-order valence-corrected chi connectivity index (χ1v) is 7.92. The fourth-order valence-electron chi connectivity index (χ4n) is 2.12. The summed E-state index contributed by atoms with van der Waals surface area (Å²) in [6.45, 7) is 6.19. The van der Waals surface area contributed by atoms with E-state index in [1.54, 1.807) is 0 Å². The molecule has 25 heavy (non-hydrogen) atoms. The number of benzene rings is 1. The highest BCUT2D eigenvalue weighted by molar-refractivity contribution is 5.93. The molecule has 2 heterocycles. The molecule has 0 saturated carbocycles. The molecule has 0 fully saturated rings. The third kappa shape index (κ3) is 4.06. The van der Waals surface area contributed by atoms with Crippen molar-refractivity contribution < 1.29 is 9.32 Å². The van der Waals surface area contributed by atoms with E-state index in [2.05, 4.69) is 25.4 Å². The lowest BCUT2D eigenvalue weighted by atomic mass is 9.96. The quantitative estimate of drug-likeness (QED) is 0.787. The van der Waals surface area contributed by atoms with Crippen LogP contribution >= 0.6 is 0 Å². The Labute approximate surface area is 145 Å². The highest BCUT2D eigenvalue weighted by atomic mass is 16.5. The number of hydrogen-bond donors (Lipinski definition) is 1. The summed E-state index contributed by atoms with van der Waals surface area (Å²) in [5.41, 5.74) is 1.08. The molecule has 3 rings (SSSR count). The van der Waals surface area contributed by atoms with Gasteiger partial charge >= 0.3 is 0 Å². The van der Waals surface area contributed by atoms with E-state index in [1.165, 1.54) is 12.4 Å². The van der Waals surface area contributed by atoms with E-state index < -0.39 is 0 Å². The van der Waals surface area contributed by atoms with E-state index in [-0.39, 0.29) is 17.9 Å². The summed E-state index contributed by atoms with van der Waals surface area (Å²) in [7, 11) is 0. The van der Waals surface area contributed by atoms with Crippen LogP contribution in [0.2, 0.25) is 0 Å². The molecule has 1 aromatic carbocycles. The van der Waals surface area contributed by atoms with Crippen LogP contribution in [0.5, 0.6) is 0 Å². The van der Waals surface area contributed by atoms with Crippen LogP contribution < -0.4 is 5.32 Å². The number of rotatable bonds is 4. The minimum atomic E-state index is -0.292. The zero-order chi connectivity index (χ0) is 17.9. The zero-order valence-electron chi connectivity index (χ0n) is 14.4. The second-order valence-corrected chi connectivity index (χ2v) is 6.61. The van der Waals surface area contributed by atoms with Gasteiger partial charge in [-0.1, -0.05) is 56.3 Å². The Hall–Kier alpha value is -3.09. The van der Waals surface area contributed by atoms with Crippen molar-refractivity contribution in [1.82, 2.24) is 25.4 Å². The smallest absolute Gasteiger partial charge is 0.254 e. The highest BCUT2D eigenvalue weighted by Gasteiger charge is 2.18. The average molecular weight is 337 g/mol. The lowest BCUT2D eigenvalue weighted by molar-refractivity contribution is 0.0945. The van der Waals surface area contributed by atoms with Crippen molar-refractivity contribution in [2.24, 2.45) is 0 Å². The second-order valence-electron chi connectivity index (χ2n) is 6.61. The standard InChI is InChI=1S/C18H19N5O2/c1-18(2,3)17-20-9-13(10-21-17)16(24)19-11-14-22-15(23-25-14)12-7-5-4-6-8-12/h4-10H,11H2,1-3H3,(H,19,24). The van der Waals surface area contributed by atoms with Crippen LogP contribution in [0.3, 0.4) is 0 Å². The molecule has 0 unspecified atom stereocenters. The minimum absolute atomic E-state index is 0.139. The van der Waals surface area contributed by atoms with E-state index in [0.717, 1.165) is 5.56 Å². The highest BCUT2D eigenvalue weighted by Crippen LogP contribution is 2.17. The number of nitrogens with zero attached hydrogens (tertiary/aromatic N) is 4. The van der Waals surface area contributed by atoms with Crippen LogP contribution in [0.4, 0.5) is 0 Å². The number of amides is 1. The first kappa shape index (κ1) is 16.8. The van der Waals surface area contributed by atoms with E-state index >= 15 is 0 Å². The summed E-state index contributed by atoms with van der Waals surface area (Å²) < 4.78 is 5.16. The van der Waals surface area contributed by atoms with Gasteiger partial charge in [-0.15, -0.1) is 0 Å². The van der Waals surface area contributed by atoms with Gasteiger partial charge in [0.1, 0.15) is 5.82 Å². The van der Waals surface area contributed by atoms with E-state index in [1.807, 2.05) is 51.1 Å². The van der Waals surface area contributed by atoms with Crippen molar-refractivity contribution in [2.75, 3.05) is 0 Å². The Bertz CT molecular complexity index is 851. The number of nitrogens with one attached hydrogen (secondary N) is 1. The van der Waals surface area contributed by atoms with Gasteiger partial charge in [0.15, 0.2) is 0 Å². The number of hydrogen-bond acceptors (Lipinski definition) is 6. The maximum atomic E-state index is 12.2. The first-order valence-electron chi connectivity index (χ1n) is 7.92. The van der Waals surface area contributed by atoms with E-state index in [4.69, 9.17) is 4.52 Å². The lowest BCUT2D eigenvalue weighted by Gasteiger charge is -2.15. The molecule has 1 N–H and O–H groups in total. The van der Waals surface area contributed by atoms with Crippen molar-refractivity contribution in [3.8, 4) is 11.4 Å². The Kier molecular flexibility index (Phi) is 4.56. The predicted molar refractivity (Wildman–Crippen MR) is 91.6 cm³/mol. The van der Waals surface area contributed by atoms with Crippen molar-refractivity contribution in [1.29, 1.82) is 0 Å². The van der Waals surface area contributed by atoms with Gasteiger partial charge < -0.3 is 9.84 Å². The SMILES string of the molecule is CC(C)(C)c1ncc(C(=O)NCc2nc(-c3ccccc3)no2)cn1. The van der Waals surface area contributed by atoms with Gasteiger partial charge in [0.05, 0.1) is 12.1 Å². The molecule has 0 aliphatic heterocycles. The molecule has 0 spiro atoms. The molecular formula is C18H19N5O2. The van der Waals surface area contributed by atoms with Crippen LogP contribution in [-0.2, 0) is 12.0 Å². The summed E-state index contributed by atoms with van der Waals surface area (Å²) in [5.74, 6) is 1.22. The summed E-state index contributed by atoms with van der Waals surface area (Å²) in [4.78, 5) is 24.9. The maximum Gasteiger partial charge on any atom is 0.254 e. The Morgan fingerprint density at radius 3 is 2.44 bits per heavy atom. The molecule has 7 nitrogen and oxygen atoms in total. The first-order chi connectivity index (χ1) is 11.9. The van der Waals surface area contributed by atoms with Crippen LogP contribution in [0.25, 0.3) is 11.4 Å². The Morgan fingerprint density at radius 1 is 1.12 bits per heavy atom. The summed E-state index contributed by atoms with van der Waals surface area (Å²) >= 11 is 0. The third-order valence-corrected chi connectivity index (χ3v) is 3.49. The molecular weight excluding hydrogens is 318 g/mol. The van der Waals surface area contributed by atoms with Gasteiger partial charge in [0, 0.05) is 23.4 Å². The number of aromatic nitrogens is 4. The van der Waals surface area contributed by atoms with Crippen molar-refractivity contribution in [3.63, 3.8) is 0 Å².